The molecule has 148 valence electrons. The minimum absolute atomic E-state index is 0.0313. The van der Waals surface area contributed by atoms with Crippen LogP contribution in [0.4, 0.5) is 0 Å². The largest absolute Gasteiger partial charge is 0.318 e. The van der Waals surface area contributed by atoms with Crippen molar-refractivity contribution in [2.24, 2.45) is 5.14 Å². The number of aromatic nitrogens is 5. The lowest BCUT2D eigenvalue weighted by Gasteiger charge is -2.10. The summed E-state index contributed by atoms with van der Waals surface area (Å²) in [6.45, 7) is 6.31. The molecule has 28 heavy (non-hydrogen) atoms. The first kappa shape index (κ1) is 20.2. The van der Waals surface area contributed by atoms with Crippen LogP contribution in [0.2, 0.25) is 0 Å². The number of primary sulfonamides is 1. The summed E-state index contributed by atoms with van der Waals surface area (Å²) in [5.41, 5.74) is 3.01. The third-order valence-corrected chi connectivity index (χ3v) is 6.17. The van der Waals surface area contributed by atoms with Gasteiger partial charge in [0.15, 0.2) is 5.78 Å². The van der Waals surface area contributed by atoms with Gasteiger partial charge in [-0.15, -0.1) is 5.10 Å². The van der Waals surface area contributed by atoms with Gasteiger partial charge in [-0.2, -0.15) is 0 Å². The number of aryl methyl sites for hydroxylation is 2. The maximum Gasteiger partial charge on any atom is 0.238 e. The molecule has 0 saturated carbocycles. The summed E-state index contributed by atoms with van der Waals surface area (Å²) in [5, 5.41) is 17.1. The Labute approximate surface area is 167 Å². The summed E-state index contributed by atoms with van der Waals surface area (Å²) in [5.74, 6) is 0.186. The first-order valence-electron chi connectivity index (χ1n) is 8.46. The zero-order valence-corrected chi connectivity index (χ0v) is 17.3. The molecule has 0 saturated heterocycles. The van der Waals surface area contributed by atoms with Gasteiger partial charge in [-0.1, -0.05) is 11.8 Å². The van der Waals surface area contributed by atoms with Crippen LogP contribution in [-0.2, 0) is 16.6 Å². The zero-order chi connectivity index (χ0) is 20.5. The standard InChI is InChI=1S/C17H20N6O3S2/c1-4-22-17(19-20-21-22)27-10-16(24)15-9-11(2)23(12(15)3)13-5-7-14(8-6-13)28(18,25)26/h5-9H,4,10H2,1-3H3,(H2,18,25,26). The lowest BCUT2D eigenvalue weighted by Crippen LogP contribution is -2.12. The minimum atomic E-state index is -3.75. The second-order valence-corrected chi connectivity index (χ2v) is 8.65. The molecule has 3 aromatic rings. The van der Waals surface area contributed by atoms with E-state index in [1.807, 2.05) is 31.4 Å². The lowest BCUT2D eigenvalue weighted by atomic mass is 10.2. The summed E-state index contributed by atoms with van der Waals surface area (Å²) >= 11 is 1.29. The van der Waals surface area contributed by atoms with Crippen molar-refractivity contribution in [3.63, 3.8) is 0 Å². The van der Waals surface area contributed by atoms with Crippen LogP contribution in [0.5, 0.6) is 0 Å². The minimum Gasteiger partial charge on any atom is -0.318 e. The molecule has 0 aliphatic rings. The average molecular weight is 421 g/mol. The Bertz CT molecular complexity index is 1120. The fourth-order valence-corrected chi connectivity index (χ4v) is 4.27. The van der Waals surface area contributed by atoms with Crippen molar-refractivity contribution in [1.82, 2.24) is 24.8 Å². The number of hydrogen-bond acceptors (Lipinski definition) is 7. The lowest BCUT2D eigenvalue weighted by molar-refractivity contribution is 0.102. The second-order valence-electron chi connectivity index (χ2n) is 6.15. The van der Waals surface area contributed by atoms with Crippen LogP contribution >= 0.6 is 11.8 Å². The number of thioether (sulfide) groups is 1. The van der Waals surface area contributed by atoms with Gasteiger partial charge in [-0.25, -0.2) is 18.2 Å². The molecule has 9 nitrogen and oxygen atoms in total. The highest BCUT2D eigenvalue weighted by Crippen LogP contribution is 2.24. The van der Waals surface area contributed by atoms with Crippen LogP contribution in [0.25, 0.3) is 5.69 Å². The maximum absolute atomic E-state index is 12.7. The summed E-state index contributed by atoms with van der Waals surface area (Å²) < 4.78 is 26.4. The third kappa shape index (κ3) is 4.01. The van der Waals surface area contributed by atoms with E-state index in [4.69, 9.17) is 5.14 Å². The van der Waals surface area contributed by atoms with Crippen molar-refractivity contribution in [2.75, 3.05) is 5.75 Å². The van der Waals surface area contributed by atoms with Gasteiger partial charge < -0.3 is 4.57 Å². The third-order valence-electron chi connectivity index (χ3n) is 4.29. The van der Waals surface area contributed by atoms with Crippen LogP contribution in [-0.4, -0.2) is 44.7 Å². The molecule has 0 bridgehead atoms. The SMILES string of the molecule is CCn1nnnc1SCC(=O)c1cc(C)n(-c2ccc(S(N)(=O)=O)cc2)c1C. The van der Waals surface area contributed by atoms with Gasteiger partial charge in [-0.05, 0) is 61.5 Å². The van der Waals surface area contributed by atoms with E-state index >= 15 is 0 Å². The van der Waals surface area contributed by atoms with Crippen LogP contribution in [0.3, 0.4) is 0 Å². The van der Waals surface area contributed by atoms with Crippen molar-refractivity contribution in [2.45, 2.75) is 37.4 Å². The number of sulfonamides is 1. The molecule has 0 amide bonds. The molecule has 0 fully saturated rings. The van der Waals surface area contributed by atoms with E-state index in [1.165, 1.54) is 23.9 Å². The molecule has 0 unspecified atom stereocenters. The fourth-order valence-electron chi connectivity index (χ4n) is 2.93. The highest BCUT2D eigenvalue weighted by atomic mass is 32.2. The van der Waals surface area contributed by atoms with Crippen molar-refractivity contribution < 1.29 is 13.2 Å². The zero-order valence-electron chi connectivity index (χ0n) is 15.7. The molecule has 0 aliphatic carbocycles. The van der Waals surface area contributed by atoms with Gasteiger partial charge in [0.25, 0.3) is 0 Å². The smallest absolute Gasteiger partial charge is 0.238 e. The number of Topliss-reactive ketones (excluding diaryl/α,β-unsaturated/α-hetero) is 1. The summed E-state index contributed by atoms with van der Waals surface area (Å²) in [7, 11) is -3.75. The molecule has 0 spiro atoms. The number of rotatable bonds is 7. The molecule has 0 radical (unpaired) electrons. The normalized spacial score (nSPS) is 11.7. The highest BCUT2D eigenvalue weighted by molar-refractivity contribution is 7.99. The van der Waals surface area contributed by atoms with Gasteiger partial charge in [-0.3, -0.25) is 4.79 Å². The molecule has 2 N–H and O–H groups in total. The Morgan fingerprint density at radius 1 is 1.21 bits per heavy atom. The Morgan fingerprint density at radius 3 is 2.50 bits per heavy atom. The van der Waals surface area contributed by atoms with E-state index in [0.717, 1.165) is 17.1 Å². The van der Waals surface area contributed by atoms with Crippen LogP contribution < -0.4 is 5.14 Å². The Kier molecular flexibility index (Phi) is 5.68. The number of carbonyl (C=O) groups is 1. The van der Waals surface area contributed by atoms with Crippen LogP contribution in [0.1, 0.15) is 28.7 Å². The van der Waals surface area contributed by atoms with E-state index in [9.17, 15) is 13.2 Å². The van der Waals surface area contributed by atoms with E-state index in [-0.39, 0.29) is 16.4 Å². The van der Waals surface area contributed by atoms with Gasteiger partial charge in [0.2, 0.25) is 15.2 Å². The summed E-state index contributed by atoms with van der Waals surface area (Å²) in [4.78, 5) is 12.8. The molecule has 2 aromatic heterocycles. The topological polar surface area (TPSA) is 126 Å². The van der Waals surface area contributed by atoms with Crippen molar-refractivity contribution >= 4 is 27.6 Å². The molecule has 2 heterocycles. The summed E-state index contributed by atoms with van der Waals surface area (Å²) in [6, 6.07) is 8.06. The molecular formula is C17H20N6O3S2. The van der Waals surface area contributed by atoms with E-state index in [1.54, 1.807) is 16.8 Å². The predicted molar refractivity (Wildman–Crippen MR) is 105 cm³/mol. The number of benzene rings is 1. The predicted octanol–water partition coefficient (Wildman–Crippen LogP) is 1.72. The fraction of sp³-hybridized carbons (Fsp3) is 0.294. The maximum atomic E-state index is 12.7. The van der Waals surface area contributed by atoms with Crippen molar-refractivity contribution in [3.05, 3.63) is 47.3 Å². The second kappa shape index (κ2) is 7.86. The molecule has 1 aromatic carbocycles. The Morgan fingerprint density at radius 2 is 1.89 bits per heavy atom. The van der Waals surface area contributed by atoms with Crippen LogP contribution in [0.15, 0.2) is 40.4 Å². The highest BCUT2D eigenvalue weighted by Gasteiger charge is 2.18. The molecule has 11 heteroatoms. The first-order valence-corrected chi connectivity index (χ1v) is 11.0. The van der Waals surface area contributed by atoms with Crippen molar-refractivity contribution in [3.8, 4) is 5.69 Å². The number of nitrogens with two attached hydrogens (primary N) is 1. The van der Waals surface area contributed by atoms with E-state index < -0.39 is 10.0 Å². The average Bonchev–Trinajstić information content (AvgIpc) is 3.22. The van der Waals surface area contributed by atoms with Gasteiger partial charge >= 0.3 is 0 Å². The van der Waals surface area contributed by atoms with Gasteiger partial charge in [0.05, 0.1) is 10.6 Å². The molecule has 0 atom stereocenters. The molecular weight excluding hydrogens is 400 g/mol. The Hall–Kier alpha value is -2.50. The monoisotopic (exact) mass is 420 g/mol. The number of tetrazole rings is 1. The number of ketones is 1. The number of carbonyl (C=O) groups excluding carboxylic acids is 1. The quantitative estimate of drug-likeness (QED) is 0.455. The number of hydrogen-bond donors (Lipinski definition) is 1. The molecule has 3 rings (SSSR count). The summed E-state index contributed by atoms with van der Waals surface area (Å²) in [6.07, 6.45) is 0. The molecule has 0 aliphatic heterocycles. The van der Waals surface area contributed by atoms with Crippen LogP contribution in [0, 0.1) is 13.8 Å². The van der Waals surface area contributed by atoms with E-state index in [2.05, 4.69) is 15.5 Å². The number of nitrogens with zero attached hydrogens (tertiary/aromatic N) is 5. The van der Waals surface area contributed by atoms with E-state index in [0.29, 0.717) is 17.3 Å². The first-order chi connectivity index (χ1) is 13.2. The van der Waals surface area contributed by atoms with Crippen molar-refractivity contribution in [1.29, 1.82) is 0 Å². The Balaban J connectivity index is 1.84. The van der Waals surface area contributed by atoms with Gasteiger partial charge in [0.1, 0.15) is 0 Å². The van der Waals surface area contributed by atoms with Gasteiger partial charge in [0, 0.05) is 29.2 Å².